The van der Waals surface area contributed by atoms with Crippen LogP contribution in [0.15, 0.2) is 71.5 Å². The van der Waals surface area contributed by atoms with Crippen molar-refractivity contribution in [2.75, 3.05) is 45.3 Å². The van der Waals surface area contributed by atoms with Gasteiger partial charge in [-0.25, -0.2) is 4.39 Å². The van der Waals surface area contributed by atoms with E-state index in [9.17, 15) is 14.0 Å². The highest BCUT2D eigenvalue weighted by Gasteiger charge is 2.26. The van der Waals surface area contributed by atoms with Crippen LogP contribution in [0.5, 0.6) is 11.5 Å². The monoisotopic (exact) mass is 488 g/mol. The van der Waals surface area contributed by atoms with E-state index in [-0.39, 0.29) is 23.0 Å². The van der Waals surface area contributed by atoms with Crippen LogP contribution in [0.4, 0.5) is 10.1 Å². The summed E-state index contributed by atoms with van der Waals surface area (Å²) in [5.74, 6) is 0.454. The molecule has 0 atom stereocenters. The molecule has 1 aromatic heterocycles. The number of amides is 1. The normalized spacial score (nSPS) is 13.6. The van der Waals surface area contributed by atoms with E-state index in [2.05, 4.69) is 10.00 Å². The number of hydrogen-bond donors (Lipinski definition) is 0. The Balaban J connectivity index is 1.51. The van der Waals surface area contributed by atoms with E-state index >= 15 is 0 Å². The van der Waals surface area contributed by atoms with Crippen molar-refractivity contribution in [1.29, 1.82) is 0 Å². The van der Waals surface area contributed by atoms with Crippen molar-refractivity contribution >= 4 is 22.4 Å². The maximum Gasteiger partial charge on any atom is 0.279 e. The quantitative estimate of drug-likeness (QED) is 0.428. The van der Waals surface area contributed by atoms with Crippen molar-refractivity contribution in [1.82, 2.24) is 14.7 Å². The molecule has 8 nitrogen and oxygen atoms in total. The van der Waals surface area contributed by atoms with Gasteiger partial charge < -0.3 is 19.3 Å². The number of anilines is 1. The lowest BCUT2D eigenvalue weighted by Gasteiger charge is -2.36. The zero-order valence-electron chi connectivity index (χ0n) is 20.0. The number of nitrogens with zero attached hydrogens (tertiary/aromatic N) is 4. The van der Waals surface area contributed by atoms with E-state index in [1.165, 1.54) is 31.0 Å². The number of methoxy groups -OCH3 is 2. The number of ether oxygens (including phenoxy) is 2. The van der Waals surface area contributed by atoms with Crippen molar-refractivity contribution in [2.45, 2.75) is 0 Å². The molecule has 1 aliphatic rings. The molecular formula is C27H25FN4O4. The summed E-state index contributed by atoms with van der Waals surface area (Å²) < 4.78 is 25.2. The molecule has 1 saturated heterocycles. The van der Waals surface area contributed by atoms with Gasteiger partial charge in [-0.1, -0.05) is 18.2 Å². The minimum Gasteiger partial charge on any atom is -0.497 e. The predicted molar refractivity (Wildman–Crippen MR) is 135 cm³/mol. The highest BCUT2D eigenvalue weighted by Crippen LogP contribution is 2.25. The Morgan fingerprint density at radius 2 is 1.44 bits per heavy atom. The molecule has 0 N–H and O–H groups in total. The highest BCUT2D eigenvalue weighted by atomic mass is 19.1. The minimum atomic E-state index is -0.349. The van der Waals surface area contributed by atoms with Crippen LogP contribution in [0.3, 0.4) is 0 Å². The number of benzene rings is 3. The molecular weight excluding hydrogens is 463 g/mol. The van der Waals surface area contributed by atoms with Gasteiger partial charge in [0.05, 0.1) is 25.3 Å². The Morgan fingerprint density at radius 3 is 2.06 bits per heavy atom. The summed E-state index contributed by atoms with van der Waals surface area (Å²) in [5, 5.41) is 5.42. The summed E-state index contributed by atoms with van der Waals surface area (Å²) in [4.78, 5) is 30.9. The van der Waals surface area contributed by atoms with Crippen LogP contribution < -0.4 is 19.9 Å². The first-order valence-corrected chi connectivity index (χ1v) is 11.5. The Kier molecular flexibility index (Phi) is 6.28. The zero-order valence-corrected chi connectivity index (χ0v) is 20.0. The third kappa shape index (κ3) is 4.35. The van der Waals surface area contributed by atoms with Gasteiger partial charge in [0.1, 0.15) is 17.3 Å². The molecule has 2 heterocycles. The van der Waals surface area contributed by atoms with Crippen LogP contribution >= 0.6 is 0 Å². The molecule has 184 valence electrons. The van der Waals surface area contributed by atoms with Crippen LogP contribution in [0.2, 0.25) is 0 Å². The fraction of sp³-hybridized carbons (Fsp3) is 0.222. The Bertz CT molecular complexity index is 1460. The molecule has 3 aromatic carbocycles. The number of aromatic nitrogens is 2. The lowest BCUT2D eigenvalue weighted by Crippen LogP contribution is -2.49. The van der Waals surface area contributed by atoms with Crippen molar-refractivity contribution in [3.63, 3.8) is 0 Å². The molecule has 1 fully saturated rings. The fourth-order valence-corrected chi connectivity index (χ4v) is 4.41. The average Bonchev–Trinajstić information content (AvgIpc) is 2.93. The second-order valence-electron chi connectivity index (χ2n) is 8.44. The van der Waals surface area contributed by atoms with E-state index in [0.29, 0.717) is 54.1 Å². The minimum absolute atomic E-state index is 0.196. The van der Waals surface area contributed by atoms with E-state index in [1.807, 2.05) is 0 Å². The standard InChI is InChI=1S/C27H25FN4O4/c1-35-21-15-20(16-22(17-21)36-2)32-26(33)24-6-4-3-5-23(24)25(29-32)27(34)31-13-11-30(12-14-31)19-9-7-18(28)8-10-19/h3-10,15-17H,11-14H2,1-2H3. The van der Waals surface area contributed by atoms with Gasteiger partial charge in [0.15, 0.2) is 5.69 Å². The summed E-state index contributed by atoms with van der Waals surface area (Å²) >= 11 is 0. The van der Waals surface area contributed by atoms with Gasteiger partial charge in [-0.05, 0) is 30.3 Å². The second kappa shape index (κ2) is 9.69. The fourth-order valence-electron chi connectivity index (χ4n) is 4.41. The highest BCUT2D eigenvalue weighted by molar-refractivity contribution is 6.05. The summed E-state index contributed by atoms with van der Waals surface area (Å²) in [5.41, 5.74) is 1.19. The number of carbonyl (C=O) groups excluding carboxylic acids is 1. The third-order valence-corrected chi connectivity index (χ3v) is 6.35. The summed E-state index contributed by atoms with van der Waals surface area (Å²) in [6, 6.07) is 18.3. The number of halogens is 1. The SMILES string of the molecule is COc1cc(OC)cc(-n2nc(C(=O)N3CCN(c4ccc(F)cc4)CC3)c3ccccc3c2=O)c1. The number of hydrogen-bond acceptors (Lipinski definition) is 6. The molecule has 1 aliphatic heterocycles. The number of fused-ring (bicyclic) bond motifs is 1. The maximum absolute atomic E-state index is 13.7. The van der Waals surface area contributed by atoms with Crippen LogP contribution in [0.25, 0.3) is 16.5 Å². The van der Waals surface area contributed by atoms with E-state index in [4.69, 9.17) is 9.47 Å². The van der Waals surface area contributed by atoms with E-state index in [1.54, 1.807) is 59.5 Å². The van der Waals surface area contributed by atoms with Crippen LogP contribution in [-0.2, 0) is 0 Å². The van der Waals surface area contributed by atoms with Crippen LogP contribution in [0, 0.1) is 5.82 Å². The van der Waals surface area contributed by atoms with Crippen molar-refractivity contribution in [2.24, 2.45) is 0 Å². The average molecular weight is 489 g/mol. The molecule has 4 aromatic rings. The Labute approximate surface area is 207 Å². The smallest absolute Gasteiger partial charge is 0.279 e. The molecule has 0 saturated carbocycles. The molecule has 0 spiro atoms. The Hall–Kier alpha value is -4.40. The third-order valence-electron chi connectivity index (χ3n) is 6.35. The van der Waals surface area contributed by atoms with Crippen LogP contribution in [-0.4, -0.2) is 61.0 Å². The first-order chi connectivity index (χ1) is 17.5. The Morgan fingerprint density at radius 1 is 0.833 bits per heavy atom. The molecule has 0 aliphatic carbocycles. The first kappa shape index (κ1) is 23.3. The number of rotatable bonds is 5. The van der Waals surface area contributed by atoms with Gasteiger partial charge >= 0.3 is 0 Å². The summed E-state index contributed by atoms with van der Waals surface area (Å²) in [6.07, 6.45) is 0. The van der Waals surface area contributed by atoms with Crippen LogP contribution in [0.1, 0.15) is 10.5 Å². The summed E-state index contributed by atoms with van der Waals surface area (Å²) in [7, 11) is 3.05. The molecule has 36 heavy (non-hydrogen) atoms. The van der Waals surface area contributed by atoms with Gasteiger partial charge in [0.2, 0.25) is 0 Å². The lowest BCUT2D eigenvalue weighted by atomic mass is 10.1. The second-order valence-corrected chi connectivity index (χ2v) is 8.44. The van der Waals surface area contributed by atoms with Gasteiger partial charge in [-0.15, -0.1) is 0 Å². The maximum atomic E-state index is 13.7. The largest absolute Gasteiger partial charge is 0.497 e. The van der Waals surface area contributed by atoms with Gasteiger partial charge in [-0.2, -0.15) is 9.78 Å². The molecule has 0 bridgehead atoms. The van der Waals surface area contributed by atoms with Crippen molar-refractivity contribution in [3.05, 3.63) is 88.6 Å². The van der Waals surface area contributed by atoms with Crippen molar-refractivity contribution in [3.8, 4) is 17.2 Å². The van der Waals surface area contributed by atoms with Crippen molar-refractivity contribution < 1.29 is 18.7 Å². The molecule has 1 amide bonds. The molecule has 0 radical (unpaired) electrons. The molecule has 5 rings (SSSR count). The van der Waals surface area contributed by atoms with Gasteiger partial charge in [-0.3, -0.25) is 9.59 Å². The lowest BCUT2D eigenvalue weighted by molar-refractivity contribution is 0.0741. The van der Waals surface area contributed by atoms with Gasteiger partial charge in [0.25, 0.3) is 11.5 Å². The molecule has 0 unspecified atom stereocenters. The first-order valence-electron chi connectivity index (χ1n) is 11.5. The summed E-state index contributed by atoms with van der Waals surface area (Å²) in [6.45, 7) is 2.14. The number of carbonyl (C=O) groups is 1. The zero-order chi connectivity index (χ0) is 25.2. The topological polar surface area (TPSA) is 76.9 Å². The van der Waals surface area contributed by atoms with E-state index < -0.39 is 0 Å². The predicted octanol–water partition coefficient (Wildman–Crippen LogP) is 3.50. The molecule has 9 heteroatoms. The van der Waals surface area contributed by atoms with Gasteiger partial charge in [0, 0.05) is 55.5 Å². The number of piperazine rings is 1. The van der Waals surface area contributed by atoms with E-state index in [0.717, 1.165) is 5.69 Å².